The van der Waals surface area contributed by atoms with Crippen molar-refractivity contribution in [2.45, 2.75) is 26.3 Å². The van der Waals surface area contributed by atoms with E-state index in [-0.39, 0.29) is 17.7 Å². The number of thiazole rings is 1. The highest BCUT2D eigenvalue weighted by molar-refractivity contribution is 7.22. The van der Waals surface area contributed by atoms with Crippen molar-refractivity contribution in [3.8, 4) is 11.1 Å². The Hall–Kier alpha value is -4.17. The van der Waals surface area contributed by atoms with Gasteiger partial charge in [0, 0.05) is 17.8 Å². The van der Waals surface area contributed by atoms with Crippen LogP contribution in [0.2, 0.25) is 0 Å². The molecule has 178 valence electrons. The fourth-order valence-electron chi connectivity index (χ4n) is 4.17. The number of fused-ring (bicyclic) bond motifs is 2. The summed E-state index contributed by atoms with van der Waals surface area (Å²) in [7, 11) is 0. The lowest BCUT2D eigenvalue weighted by atomic mass is 10.0. The molecule has 0 saturated heterocycles. The van der Waals surface area contributed by atoms with Crippen molar-refractivity contribution in [3.63, 3.8) is 0 Å². The normalized spacial score (nSPS) is 13.1. The van der Waals surface area contributed by atoms with Gasteiger partial charge in [0.25, 0.3) is 5.91 Å². The third-order valence-corrected chi connectivity index (χ3v) is 7.15. The lowest BCUT2D eigenvalue weighted by Crippen LogP contribution is -2.24. The quantitative estimate of drug-likeness (QED) is 0.326. The molecule has 3 aromatic carbocycles. The molecule has 6 rings (SSSR count). The number of nitrogens with one attached hydrogen (secondary N) is 2. The molecular weight excluding hydrogens is 470 g/mol. The van der Waals surface area contributed by atoms with Gasteiger partial charge >= 0.3 is 0 Å². The summed E-state index contributed by atoms with van der Waals surface area (Å²) < 4.78 is 0.986. The predicted octanol–water partition coefficient (Wildman–Crippen LogP) is 5.49. The molecule has 0 radical (unpaired) electrons. The van der Waals surface area contributed by atoms with E-state index in [2.05, 4.69) is 31.7 Å². The first-order chi connectivity index (χ1) is 17.5. The van der Waals surface area contributed by atoms with Gasteiger partial charge in [-0.1, -0.05) is 53.8 Å². The molecule has 1 aliphatic rings. The Morgan fingerprint density at radius 3 is 2.44 bits per heavy atom. The summed E-state index contributed by atoms with van der Waals surface area (Å²) in [5.74, 6) is 0.500. The zero-order chi connectivity index (χ0) is 24.6. The molecule has 0 unspecified atom stereocenters. The van der Waals surface area contributed by atoms with Gasteiger partial charge < -0.3 is 10.6 Å². The Kier molecular flexibility index (Phi) is 5.65. The highest BCUT2D eigenvalue weighted by atomic mass is 32.1. The third kappa shape index (κ3) is 4.55. The van der Waals surface area contributed by atoms with Crippen molar-refractivity contribution in [1.82, 2.24) is 20.3 Å². The Labute approximate surface area is 211 Å². The van der Waals surface area contributed by atoms with Crippen LogP contribution in [0.15, 0.2) is 66.7 Å². The Balaban J connectivity index is 1.31. The number of hydrogen-bond donors (Lipinski definition) is 2. The van der Waals surface area contributed by atoms with E-state index in [1.165, 1.54) is 11.3 Å². The van der Waals surface area contributed by atoms with Crippen LogP contribution in [0.4, 0.5) is 5.13 Å². The van der Waals surface area contributed by atoms with Crippen molar-refractivity contribution in [3.05, 3.63) is 83.8 Å². The number of nitrogens with zero attached hydrogens (tertiary/aromatic N) is 3. The summed E-state index contributed by atoms with van der Waals surface area (Å²) in [6.45, 7) is 2.21. The topological polar surface area (TPSA) is 96.9 Å². The van der Waals surface area contributed by atoms with E-state index in [1.54, 1.807) is 6.92 Å². The van der Waals surface area contributed by atoms with Crippen LogP contribution in [0.5, 0.6) is 0 Å². The molecule has 1 saturated carbocycles. The van der Waals surface area contributed by atoms with Crippen LogP contribution in [0.3, 0.4) is 0 Å². The van der Waals surface area contributed by atoms with Gasteiger partial charge in [0.1, 0.15) is 11.5 Å². The number of aryl methyl sites for hydroxylation is 1. The average molecular weight is 494 g/mol. The minimum atomic E-state index is -0.236. The van der Waals surface area contributed by atoms with Crippen LogP contribution in [0, 0.1) is 12.8 Å². The van der Waals surface area contributed by atoms with Gasteiger partial charge in [0.05, 0.1) is 15.7 Å². The molecule has 2 aromatic heterocycles. The van der Waals surface area contributed by atoms with E-state index in [4.69, 9.17) is 0 Å². The predicted molar refractivity (Wildman–Crippen MR) is 142 cm³/mol. The van der Waals surface area contributed by atoms with Gasteiger partial charge in [0.15, 0.2) is 5.13 Å². The molecule has 1 aliphatic carbocycles. The first-order valence-corrected chi connectivity index (χ1v) is 12.7. The number of amides is 2. The van der Waals surface area contributed by atoms with E-state index in [9.17, 15) is 9.59 Å². The van der Waals surface area contributed by atoms with Crippen molar-refractivity contribution < 1.29 is 9.59 Å². The van der Waals surface area contributed by atoms with E-state index in [0.29, 0.717) is 28.6 Å². The maximum atomic E-state index is 13.1. The summed E-state index contributed by atoms with van der Waals surface area (Å²) >= 11 is 1.47. The molecule has 2 N–H and O–H groups in total. The van der Waals surface area contributed by atoms with Crippen molar-refractivity contribution >= 4 is 49.4 Å². The number of hydrogen-bond acceptors (Lipinski definition) is 6. The van der Waals surface area contributed by atoms with Crippen molar-refractivity contribution in [2.75, 3.05) is 5.32 Å². The van der Waals surface area contributed by atoms with Gasteiger partial charge in [-0.25, -0.2) is 15.0 Å². The number of benzene rings is 3. The number of carbonyl (C=O) groups is 2. The third-order valence-electron chi connectivity index (χ3n) is 6.22. The molecule has 5 aromatic rings. The zero-order valence-electron chi connectivity index (χ0n) is 19.6. The van der Waals surface area contributed by atoms with Crippen LogP contribution < -0.4 is 10.6 Å². The molecule has 1 fully saturated rings. The zero-order valence-corrected chi connectivity index (χ0v) is 20.4. The maximum Gasteiger partial charge on any atom is 0.270 e. The summed E-state index contributed by atoms with van der Waals surface area (Å²) in [5.41, 5.74) is 4.89. The molecule has 0 atom stereocenters. The maximum absolute atomic E-state index is 13.1. The second-order valence-electron chi connectivity index (χ2n) is 8.98. The lowest BCUT2D eigenvalue weighted by Gasteiger charge is -2.10. The van der Waals surface area contributed by atoms with Crippen LogP contribution in [-0.4, -0.2) is 26.8 Å². The highest BCUT2D eigenvalue weighted by Crippen LogP contribution is 2.34. The number of carbonyl (C=O) groups excluding carboxylic acids is 2. The van der Waals surface area contributed by atoms with E-state index in [1.807, 2.05) is 60.7 Å². The highest BCUT2D eigenvalue weighted by Gasteiger charge is 2.30. The van der Waals surface area contributed by atoms with Gasteiger partial charge in [-0.15, -0.1) is 0 Å². The fourth-order valence-corrected chi connectivity index (χ4v) is 5.08. The van der Waals surface area contributed by atoms with Crippen molar-refractivity contribution in [1.29, 1.82) is 0 Å². The van der Waals surface area contributed by atoms with E-state index >= 15 is 0 Å². The van der Waals surface area contributed by atoms with Gasteiger partial charge in [-0.3, -0.25) is 9.59 Å². The SMILES string of the molecule is Cc1nc(C(=O)NCc2ccccc2)c2cc(-c3ccc4nc(NC(=O)C5CC5)sc4c3)ccc2n1. The first-order valence-electron chi connectivity index (χ1n) is 11.9. The summed E-state index contributed by atoms with van der Waals surface area (Å²) in [6.07, 6.45) is 1.91. The number of rotatable bonds is 6. The molecule has 36 heavy (non-hydrogen) atoms. The largest absolute Gasteiger partial charge is 0.347 e. The molecule has 0 aliphatic heterocycles. The van der Waals surface area contributed by atoms with Gasteiger partial charge in [-0.2, -0.15) is 0 Å². The van der Waals surface area contributed by atoms with Crippen LogP contribution >= 0.6 is 11.3 Å². The molecule has 8 heteroatoms. The average Bonchev–Trinajstić information content (AvgIpc) is 3.67. The Bertz CT molecular complexity index is 1630. The summed E-state index contributed by atoms with van der Waals surface area (Å²) in [6, 6.07) is 21.7. The van der Waals surface area contributed by atoms with E-state index < -0.39 is 0 Å². The van der Waals surface area contributed by atoms with Crippen LogP contribution in [-0.2, 0) is 11.3 Å². The smallest absolute Gasteiger partial charge is 0.270 e. The number of aromatic nitrogens is 3. The molecular formula is C28H23N5O2S. The van der Waals surface area contributed by atoms with Crippen LogP contribution in [0.1, 0.15) is 34.7 Å². The number of anilines is 1. The molecule has 0 spiro atoms. The second-order valence-corrected chi connectivity index (χ2v) is 10.0. The van der Waals surface area contributed by atoms with E-state index in [0.717, 1.165) is 45.3 Å². The minimum absolute atomic E-state index is 0.0529. The van der Waals surface area contributed by atoms with Gasteiger partial charge in [0.2, 0.25) is 5.91 Å². The Morgan fingerprint density at radius 2 is 1.67 bits per heavy atom. The molecule has 2 amide bonds. The monoisotopic (exact) mass is 493 g/mol. The molecule has 0 bridgehead atoms. The lowest BCUT2D eigenvalue weighted by molar-refractivity contribution is -0.117. The molecule has 7 nitrogen and oxygen atoms in total. The standard InChI is InChI=1S/C28H23N5O2S/c1-16-30-22-11-9-19(13-21(22)25(31-16)27(35)29-15-17-5-3-2-4-6-17)20-10-12-23-24(14-20)36-28(32-23)33-26(34)18-7-8-18/h2-6,9-14,18H,7-8,15H2,1H3,(H,29,35)(H,32,33,34). The van der Waals surface area contributed by atoms with Crippen molar-refractivity contribution in [2.24, 2.45) is 5.92 Å². The summed E-state index contributed by atoms with van der Waals surface area (Å²) in [4.78, 5) is 38.8. The van der Waals surface area contributed by atoms with Crippen LogP contribution in [0.25, 0.3) is 32.2 Å². The summed E-state index contributed by atoms with van der Waals surface area (Å²) in [5, 5.41) is 7.23. The van der Waals surface area contributed by atoms with Gasteiger partial charge in [-0.05, 0) is 60.7 Å². The first kappa shape index (κ1) is 22.3. The molecule has 2 heterocycles. The minimum Gasteiger partial charge on any atom is -0.347 e. The Morgan fingerprint density at radius 1 is 0.917 bits per heavy atom. The fraction of sp³-hybridized carbons (Fsp3) is 0.179. The second kappa shape index (κ2) is 9.13.